The van der Waals surface area contributed by atoms with Crippen molar-refractivity contribution >= 4 is 29.3 Å². The van der Waals surface area contributed by atoms with Crippen molar-refractivity contribution in [2.75, 3.05) is 12.9 Å². The summed E-state index contributed by atoms with van der Waals surface area (Å²) in [5, 5.41) is 14.0. The highest BCUT2D eigenvalue weighted by molar-refractivity contribution is 7.98. The Hall–Kier alpha value is -2.87. The number of amides is 1. The maximum absolute atomic E-state index is 12.3. The molecular weight excluding hydrogens is 392 g/mol. The Morgan fingerprint density at radius 3 is 2.45 bits per heavy atom. The average molecular weight is 416 g/mol. The van der Waals surface area contributed by atoms with Gasteiger partial charge >= 0.3 is 5.97 Å². The number of nitrogens with one attached hydrogen (secondary N) is 1. The molecule has 0 aliphatic heterocycles. The number of nitrogens with zero attached hydrogens (tertiary/aromatic N) is 1. The van der Waals surface area contributed by atoms with Crippen LogP contribution in [0.25, 0.3) is 0 Å². The van der Waals surface area contributed by atoms with Crippen LogP contribution in [0.5, 0.6) is 0 Å². The molecule has 1 amide bonds. The number of carbonyl (C=O) groups is 2. The summed E-state index contributed by atoms with van der Waals surface area (Å²) in [4.78, 5) is 35.6. The topological polar surface area (TPSA) is 98.5 Å². The highest BCUT2D eigenvalue weighted by Gasteiger charge is 2.20. The number of esters is 1. The van der Waals surface area contributed by atoms with Crippen molar-refractivity contribution in [3.63, 3.8) is 0 Å². The van der Waals surface area contributed by atoms with Crippen LogP contribution in [0.1, 0.15) is 42.2 Å². The lowest BCUT2D eigenvalue weighted by Crippen LogP contribution is -2.33. The molecule has 1 atom stereocenters. The molecule has 0 heterocycles. The van der Waals surface area contributed by atoms with Crippen LogP contribution in [0.3, 0.4) is 0 Å². The van der Waals surface area contributed by atoms with Crippen LogP contribution in [0.4, 0.5) is 5.69 Å². The first-order valence-electron chi connectivity index (χ1n) is 9.15. The monoisotopic (exact) mass is 416 g/mol. The Morgan fingerprint density at radius 2 is 1.86 bits per heavy atom. The molecule has 0 fully saturated rings. The molecule has 0 aliphatic carbocycles. The van der Waals surface area contributed by atoms with Gasteiger partial charge in [-0.1, -0.05) is 44.2 Å². The average Bonchev–Trinajstić information content (AvgIpc) is 2.71. The molecule has 154 valence electrons. The molecule has 2 rings (SSSR count). The zero-order valence-electron chi connectivity index (χ0n) is 16.6. The second-order valence-corrected chi connectivity index (χ2v) is 7.73. The third-order valence-corrected chi connectivity index (χ3v) is 4.97. The van der Waals surface area contributed by atoms with Crippen molar-refractivity contribution in [3.8, 4) is 0 Å². The molecule has 2 aromatic rings. The molecule has 8 heteroatoms. The van der Waals surface area contributed by atoms with Gasteiger partial charge in [-0.05, 0) is 36.3 Å². The molecule has 29 heavy (non-hydrogen) atoms. The van der Waals surface area contributed by atoms with Crippen molar-refractivity contribution in [2.45, 2.75) is 31.2 Å². The van der Waals surface area contributed by atoms with Gasteiger partial charge in [0.15, 0.2) is 6.61 Å². The van der Waals surface area contributed by atoms with Crippen LogP contribution in [0.15, 0.2) is 53.4 Å². The third-order valence-electron chi connectivity index (χ3n) is 4.19. The fourth-order valence-electron chi connectivity index (χ4n) is 2.85. The Bertz CT molecular complexity index is 871. The maximum Gasteiger partial charge on any atom is 0.338 e. The lowest BCUT2D eigenvalue weighted by molar-refractivity contribution is -0.387. The highest BCUT2D eigenvalue weighted by Crippen LogP contribution is 2.28. The standard InChI is InChI=1S/C21H24N2O5S/c1-14(2)11-17(15-7-5-4-6-8-15)22-20(24)13-28-21(25)16-9-10-19(29-3)18(12-16)23(26)27/h4-10,12,14,17H,11,13H2,1-3H3,(H,22,24)/t17-/m0/s1. The first kappa shape index (κ1) is 22.4. The summed E-state index contributed by atoms with van der Waals surface area (Å²) in [7, 11) is 0. The summed E-state index contributed by atoms with van der Waals surface area (Å²) in [6.45, 7) is 3.67. The fraction of sp³-hybridized carbons (Fsp3) is 0.333. The van der Waals surface area contributed by atoms with Gasteiger partial charge in [0.2, 0.25) is 0 Å². The molecule has 0 aromatic heterocycles. The van der Waals surface area contributed by atoms with E-state index in [1.807, 2.05) is 30.3 Å². The van der Waals surface area contributed by atoms with E-state index < -0.39 is 23.4 Å². The van der Waals surface area contributed by atoms with Gasteiger partial charge in [-0.2, -0.15) is 0 Å². The zero-order chi connectivity index (χ0) is 21.4. The van der Waals surface area contributed by atoms with Gasteiger partial charge in [0.25, 0.3) is 11.6 Å². The molecular formula is C21H24N2O5S. The largest absolute Gasteiger partial charge is 0.452 e. The smallest absolute Gasteiger partial charge is 0.338 e. The SMILES string of the molecule is CSc1ccc(C(=O)OCC(=O)N[C@@H](CC(C)C)c2ccccc2)cc1[N+](=O)[O-]. The number of nitro groups is 1. The fourth-order valence-corrected chi connectivity index (χ4v) is 3.39. The predicted molar refractivity (Wildman–Crippen MR) is 112 cm³/mol. The number of nitro benzene ring substituents is 1. The second kappa shape index (κ2) is 10.6. The highest BCUT2D eigenvalue weighted by atomic mass is 32.2. The van der Waals surface area contributed by atoms with Gasteiger partial charge in [0, 0.05) is 6.07 Å². The van der Waals surface area contributed by atoms with Gasteiger partial charge in [-0.25, -0.2) is 4.79 Å². The van der Waals surface area contributed by atoms with E-state index in [1.165, 1.54) is 23.9 Å². The van der Waals surface area contributed by atoms with E-state index in [0.717, 1.165) is 18.1 Å². The molecule has 0 aliphatic rings. The summed E-state index contributed by atoms with van der Waals surface area (Å²) in [5.74, 6) is -0.849. The van der Waals surface area contributed by atoms with Crippen LogP contribution in [0.2, 0.25) is 0 Å². The van der Waals surface area contributed by atoms with Crippen molar-refractivity contribution < 1.29 is 19.2 Å². The van der Waals surface area contributed by atoms with E-state index in [0.29, 0.717) is 10.8 Å². The van der Waals surface area contributed by atoms with Gasteiger partial charge in [-0.3, -0.25) is 14.9 Å². The van der Waals surface area contributed by atoms with E-state index in [-0.39, 0.29) is 17.3 Å². The Balaban J connectivity index is 2.01. The molecule has 0 saturated heterocycles. The number of ether oxygens (including phenoxy) is 1. The predicted octanol–water partition coefficient (Wildman–Crippen LogP) is 4.38. The summed E-state index contributed by atoms with van der Waals surface area (Å²) in [6, 6.07) is 13.5. The van der Waals surface area contributed by atoms with Crippen LogP contribution < -0.4 is 5.32 Å². The van der Waals surface area contributed by atoms with Crippen LogP contribution >= 0.6 is 11.8 Å². The Morgan fingerprint density at radius 1 is 1.17 bits per heavy atom. The molecule has 0 unspecified atom stereocenters. The summed E-state index contributed by atoms with van der Waals surface area (Å²) >= 11 is 1.21. The summed E-state index contributed by atoms with van der Waals surface area (Å²) in [6.07, 6.45) is 2.46. The minimum absolute atomic E-state index is 0.0316. The van der Waals surface area contributed by atoms with Gasteiger partial charge in [-0.15, -0.1) is 11.8 Å². The number of thioether (sulfide) groups is 1. The van der Waals surface area contributed by atoms with Crippen LogP contribution in [0, 0.1) is 16.0 Å². The third kappa shape index (κ3) is 6.60. The van der Waals surface area contributed by atoms with Crippen molar-refractivity contribution in [3.05, 3.63) is 69.8 Å². The quantitative estimate of drug-likeness (QED) is 0.282. The minimum Gasteiger partial charge on any atom is -0.452 e. The van der Waals surface area contributed by atoms with E-state index in [4.69, 9.17) is 4.74 Å². The normalized spacial score (nSPS) is 11.7. The second-order valence-electron chi connectivity index (χ2n) is 6.88. The molecule has 7 nitrogen and oxygen atoms in total. The molecule has 0 radical (unpaired) electrons. The molecule has 2 aromatic carbocycles. The Kier molecular flexibility index (Phi) is 8.21. The van der Waals surface area contributed by atoms with Crippen molar-refractivity contribution in [1.29, 1.82) is 0 Å². The van der Waals surface area contributed by atoms with E-state index in [1.54, 1.807) is 6.26 Å². The lowest BCUT2D eigenvalue weighted by Gasteiger charge is -2.21. The van der Waals surface area contributed by atoms with E-state index in [2.05, 4.69) is 19.2 Å². The van der Waals surface area contributed by atoms with Crippen LogP contribution in [-0.4, -0.2) is 29.7 Å². The molecule has 1 N–H and O–H groups in total. The van der Waals surface area contributed by atoms with Gasteiger partial charge in [0.1, 0.15) is 0 Å². The lowest BCUT2D eigenvalue weighted by atomic mass is 9.97. The maximum atomic E-state index is 12.3. The number of hydrogen-bond acceptors (Lipinski definition) is 6. The number of rotatable bonds is 9. The van der Waals surface area contributed by atoms with E-state index in [9.17, 15) is 19.7 Å². The van der Waals surface area contributed by atoms with Gasteiger partial charge in [0.05, 0.1) is 21.4 Å². The zero-order valence-corrected chi connectivity index (χ0v) is 17.4. The Labute approximate surface area is 174 Å². The van der Waals surface area contributed by atoms with Crippen molar-refractivity contribution in [2.24, 2.45) is 5.92 Å². The number of hydrogen-bond donors (Lipinski definition) is 1. The number of carbonyl (C=O) groups excluding carboxylic acids is 2. The van der Waals surface area contributed by atoms with E-state index >= 15 is 0 Å². The first-order chi connectivity index (χ1) is 13.8. The summed E-state index contributed by atoms with van der Waals surface area (Å²) in [5.41, 5.74) is 0.839. The van der Waals surface area contributed by atoms with Crippen molar-refractivity contribution in [1.82, 2.24) is 5.32 Å². The molecule has 0 saturated carbocycles. The van der Waals surface area contributed by atoms with Gasteiger partial charge < -0.3 is 10.1 Å². The first-order valence-corrected chi connectivity index (χ1v) is 10.4. The minimum atomic E-state index is -0.781. The molecule has 0 spiro atoms. The van der Waals surface area contributed by atoms with Crippen LogP contribution in [-0.2, 0) is 9.53 Å². The summed E-state index contributed by atoms with van der Waals surface area (Å²) < 4.78 is 5.06. The molecule has 0 bridgehead atoms. The number of benzene rings is 2.